The third-order valence-electron chi connectivity index (χ3n) is 5.98. The molecule has 1 spiro atoms. The predicted octanol–water partition coefficient (Wildman–Crippen LogP) is 3.57. The Balaban J connectivity index is 1.28. The molecule has 1 amide bonds. The van der Waals surface area contributed by atoms with Crippen molar-refractivity contribution < 1.29 is 13.9 Å². The molecule has 4 heteroatoms. The molecule has 0 radical (unpaired) electrons. The zero-order valence-electron chi connectivity index (χ0n) is 14.2. The zero-order valence-corrected chi connectivity index (χ0v) is 14.2. The molecule has 24 heavy (non-hydrogen) atoms. The second-order valence-electron chi connectivity index (χ2n) is 8.00. The van der Waals surface area contributed by atoms with E-state index < -0.39 is 0 Å². The van der Waals surface area contributed by atoms with Gasteiger partial charge in [-0.05, 0) is 43.4 Å². The number of hydrogen-bond acceptors (Lipinski definition) is 2. The Hall–Kier alpha value is -1.42. The number of carbonyl (C=O) groups excluding carboxylic acids is 1. The molecule has 0 unspecified atom stereocenters. The molecule has 0 N–H and O–H groups in total. The summed E-state index contributed by atoms with van der Waals surface area (Å²) in [5, 5.41) is 0. The minimum atomic E-state index is -0.196. The van der Waals surface area contributed by atoms with Crippen molar-refractivity contribution in [3.8, 4) is 0 Å². The lowest BCUT2D eigenvalue weighted by Gasteiger charge is -2.48. The van der Waals surface area contributed by atoms with Gasteiger partial charge in [0.25, 0.3) is 0 Å². The van der Waals surface area contributed by atoms with Gasteiger partial charge < -0.3 is 9.64 Å². The van der Waals surface area contributed by atoms with E-state index in [2.05, 4.69) is 4.90 Å². The first-order chi connectivity index (χ1) is 11.6. The molecule has 2 saturated heterocycles. The van der Waals surface area contributed by atoms with Crippen LogP contribution in [0.15, 0.2) is 24.3 Å². The Labute approximate surface area is 143 Å². The molecule has 130 valence electrons. The molecule has 1 saturated carbocycles. The quantitative estimate of drug-likeness (QED) is 0.847. The Morgan fingerprint density at radius 3 is 2.58 bits per heavy atom. The normalized spacial score (nSPS) is 26.5. The number of benzene rings is 1. The molecule has 3 aliphatic rings. The van der Waals surface area contributed by atoms with Crippen molar-refractivity contribution in [1.82, 2.24) is 4.90 Å². The van der Waals surface area contributed by atoms with E-state index in [9.17, 15) is 9.18 Å². The summed E-state index contributed by atoms with van der Waals surface area (Å²) in [7, 11) is 0. The van der Waals surface area contributed by atoms with E-state index in [1.807, 2.05) is 12.1 Å². The topological polar surface area (TPSA) is 29.5 Å². The van der Waals surface area contributed by atoms with Gasteiger partial charge in [-0.3, -0.25) is 4.79 Å². The minimum absolute atomic E-state index is 0.176. The van der Waals surface area contributed by atoms with Crippen molar-refractivity contribution in [1.29, 1.82) is 0 Å². The maximum Gasteiger partial charge on any atom is 0.225 e. The van der Waals surface area contributed by atoms with Crippen LogP contribution in [-0.2, 0) is 16.0 Å². The fourth-order valence-electron chi connectivity index (χ4n) is 4.66. The highest BCUT2D eigenvalue weighted by atomic mass is 19.1. The highest BCUT2D eigenvalue weighted by Gasteiger charge is 2.51. The molecular weight excluding hydrogens is 305 g/mol. The highest BCUT2D eigenvalue weighted by molar-refractivity contribution is 5.80. The van der Waals surface area contributed by atoms with Gasteiger partial charge in [-0.2, -0.15) is 0 Å². The van der Waals surface area contributed by atoms with Crippen molar-refractivity contribution >= 4 is 5.91 Å². The minimum Gasteiger partial charge on any atom is -0.377 e. The Morgan fingerprint density at radius 1 is 1.17 bits per heavy atom. The molecule has 2 aliphatic heterocycles. The van der Waals surface area contributed by atoms with Crippen LogP contribution in [0.4, 0.5) is 4.39 Å². The predicted molar refractivity (Wildman–Crippen MR) is 90.0 cm³/mol. The van der Waals surface area contributed by atoms with Gasteiger partial charge in [-0.1, -0.05) is 31.4 Å². The van der Waals surface area contributed by atoms with Crippen LogP contribution in [0, 0.1) is 17.2 Å². The van der Waals surface area contributed by atoms with Crippen molar-refractivity contribution in [2.45, 2.75) is 51.0 Å². The third kappa shape index (κ3) is 3.21. The summed E-state index contributed by atoms with van der Waals surface area (Å²) in [5.74, 6) is 0.453. The van der Waals surface area contributed by atoms with E-state index in [1.54, 1.807) is 0 Å². The molecule has 1 aromatic rings. The van der Waals surface area contributed by atoms with Gasteiger partial charge in [0.2, 0.25) is 5.91 Å². The highest BCUT2D eigenvalue weighted by Crippen LogP contribution is 2.43. The number of ether oxygens (including phenoxy) is 1. The largest absolute Gasteiger partial charge is 0.377 e. The van der Waals surface area contributed by atoms with E-state index >= 15 is 0 Å². The summed E-state index contributed by atoms with van der Waals surface area (Å²) < 4.78 is 19.0. The summed E-state index contributed by atoms with van der Waals surface area (Å²) in [6.45, 7) is 2.48. The van der Waals surface area contributed by atoms with Crippen LogP contribution in [0.25, 0.3) is 0 Å². The molecule has 3 fully saturated rings. The number of likely N-dealkylation sites (tertiary alicyclic amines) is 1. The van der Waals surface area contributed by atoms with Crippen LogP contribution in [0.1, 0.15) is 44.1 Å². The summed E-state index contributed by atoms with van der Waals surface area (Å²) >= 11 is 0. The summed E-state index contributed by atoms with van der Waals surface area (Å²) in [6, 6.07) is 6.69. The molecule has 2 heterocycles. The molecule has 0 aromatic heterocycles. The van der Waals surface area contributed by atoms with Gasteiger partial charge in [-0.25, -0.2) is 4.39 Å². The number of nitrogens with zero attached hydrogens (tertiary/aromatic N) is 1. The number of amides is 1. The summed E-state index contributed by atoms with van der Waals surface area (Å²) in [6.07, 6.45) is 7.89. The maximum atomic E-state index is 13.0. The van der Waals surface area contributed by atoms with E-state index in [1.165, 1.54) is 31.4 Å². The number of carbonyl (C=O) groups is 1. The van der Waals surface area contributed by atoms with Gasteiger partial charge in [0.15, 0.2) is 0 Å². The van der Waals surface area contributed by atoms with E-state index in [4.69, 9.17) is 4.74 Å². The first-order valence-electron chi connectivity index (χ1n) is 9.28. The summed E-state index contributed by atoms with van der Waals surface area (Å²) in [5.41, 5.74) is 1.29. The number of halogens is 1. The smallest absolute Gasteiger partial charge is 0.225 e. The standard InChI is InChI=1S/C20H26FNO2/c21-17-8-6-15(7-9-17)10-18-11-20(14-24-18)12-22(13-20)19(23)16-4-2-1-3-5-16/h6-9,16,18H,1-5,10-14H2/t18-/m0/s1. The number of hydrogen-bond donors (Lipinski definition) is 0. The Morgan fingerprint density at radius 2 is 1.88 bits per heavy atom. The van der Waals surface area contributed by atoms with Crippen LogP contribution >= 0.6 is 0 Å². The van der Waals surface area contributed by atoms with E-state index in [0.717, 1.165) is 50.9 Å². The molecule has 0 bridgehead atoms. The van der Waals surface area contributed by atoms with Crippen LogP contribution < -0.4 is 0 Å². The zero-order chi connectivity index (χ0) is 16.6. The SMILES string of the molecule is O=C(C1CCCCC1)N1CC2(CO[C@@H](Cc3ccc(F)cc3)C2)C1. The van der Waals surface area contributed by atoms with Crippen molar-refractivity contribution in [3.05, 3.63) is 35.6 Å². The van der Waals surface area contributed by atoms with Gasteiger partial charge in [0, 0.05) is 24.4 Å². The lowest BCUT2D eigenvalue weighted by molar-refractivity contribution is -0.149. The Kier molecular flexibility index (Phi) is 4.33. The lowest BCUT2D eigenvalue weighted by atomic mass is 9.76. The van der Waals surface area contributed by atoms with Gasteiger partial charge in [0.1, 0.15) is 5.82 Å². The average Bonchev–Trinajstić information content (AvgIpc) is 3.00. The van der Waals surface area contributed by atoms with Crippen LogP contribution in [-0.4, -0.2) is 36.6 Å². The van der Waals surface area contributed by atoms with Crippen LogP contribution in [0.2, 0.25) is 0 Å². The third-order valence-corrected chi connectivity index (χ3v) is 5.98. The molecule has 1 aliphatic carbocycles. The first kappa shape index (κ1) is 16.1. The van der Waals surface area contributed by atoms with E-state index in [0.29, 0.717) is 5.91 Å². The van der Waals surface area contributed by atoms with Crippen molar-refractivity contribution in [2.75, 3.05) is 19.7 Å². The average molecular weight is 331 g/mol. The van der Waals surface area contributed by atoms with Crippen LogP contribution in [0.5, 0.6) is 0 Å². The van der Waals surface area contributed by atoms with Crippen molar-refractivity contribution in [3.63, 3.8) is 0 Å². The van der Waals surface area contributed by atoms with E-state index in [-0.39, 0.29) is 23.3 Å². The molecule has 4 rings (SSSR count). The maximum absolute atomic E-state index is 13.0. The molecule has 1 atom stereocenters. The van der Waals surface area contributed by atoms with Gasteiger partial charge in [0.05, 0.1) is 12.7 Å². The monoisotopic (exact) mass is 331 g/mol. The Bertz CT molecular complexity index is 588. The lowest BCUT2D eigenvalue weighted by Crippen LogP contribution is -2.60. The molecular formula is C20H26FNO2. The second-order valence-corrected chi connectivity index (χ2v) is 8.00. The molecule has 3 nitrogen and oxygen atoms in total. The second kappa shape index (κ2) is 6.47. The van der Waals surface area contributed by atoms with Crippen LogP contribution in [0.3, 0.4) is 0 Å². The fourth-order valence-corrected chi connectivity index (χ4v) is 4.66. The summed E-state index contributed by atoms with van der Waals surface area (Å²) in [4.78, 5) is 14.6. The molecule has 1 aromatic carbocycles. The first-order valence-corrected chi connectivity index (χ1v) is 9.28. The number of rotatable bonds is 3. The fraction of sp³-hybridized carbons (Fsp3) is 0.650. The van der Waals surface area contributed by atoms with Crippen molar-refractivity contribution in [2.24, 2.45) is 11.3 Å². The van der Waals surface area contributed by atoms with Gasteiger partial charge in [-0.15, -0.1) is 0 Å². The van der Waals surface area contributed by atoms with Gasteiger partial charge >= 0.3 is 0 Å².